The third-order valence-electron chi connectivity index (χ3n) is 4.95. The van der Waals surface area contributed by atoms with Crippen molar-refractivity contribution in [3.8, 4) is 0 Å². The summed E-state index contributed by atoms with van der Waals surface area (Å²) in [6, 6.07) is 9.63. The summed E-state index contributed by atoms with van der Waals surface area (Å²) in [5, 5.41) is 18.9. The number of thiophene rings is 1. The van der Waals surface area contributed by atoms with E-state index in [1.807, 2.05) is 0 Å². The Labute approximate surface area is 231 Å². The number of rotatable bonds is 13. The molecule has 6 N–H and O–H groups in total. The molecule has 0 aliphatic carbocycles. The summed E-state index contributed by atoms with van der Waals surface area (Å²) in [5.74, 6) is -1.61. The Bertz CT molecular complexity index is 1490. The molecule has 3 aromatic rings. The first-order chi connectivity index (χ1) is 18.5. The number of nitro groups is 1. The Morgan fingerprint density at radius 1 is 1.05 bits per heavy atom. The number of aromatic nitrogens is 1. The van der Waals surface area contributed by atoms with E-state index in [4.69, 9.17) is 17.3 Å². The van der Waals surface area contributed by atoms with Crippen molar-refractivity contribution in [3.63, 3.8) is 0 Å². The van der Waals surface area contributed by atoms with Crippen LogP contribution >= 0.6 is 22.9 Å². The highest BCUT2D eigenvalue weighted by Gasteiger charge is 2.19. The molecule has 0 fully saturated rings. The van der Waals surface area contributed by atoms with Gasteiger partial charge in [0.2, 0.25) is 11.8 Å². The molecule has 39 heavy (non-hydrogen) atoms. The lowest BCUT2D eigenvalue weighted by Gasteiger charge is -2.08. The number of nitrogens with zero attached hydrogens (tertiary/aromatic N) is 2. The van der Waals surface area contributed by atoms with E-state index in [0.717, 1.165) is 17.5 Å². The maximum absolute atomic E-state index is 12.6. The van der Waals surface area contributed by atoms with Crippen LogP contribution in [0.5, 0.6) is 0 Å². The highest BCUT2D eigenvalue weighted by atomic mass is 35.5. The fraction of sp³-hybridized carbons (Fsp3) is 0.182. The Hall–Kier alpha value is -4.12. The van der Waals surface area contributed by atoms with Crippen molar-refractivity contribution in [2.45, 2.75) is 10.8 Å². The van der Waals surface area contributed by atoms with Gasteiger partial charge in [-0.1, -0.05) is 11.6 Å². The van der Waals surface area contributed by atoms with Crippen LogP contribution in [-0.2, 0) is 21.4 Å². The summed E-state index contributed by atoms with van der Waals surface area (Å²) in [4.78, 5) is 50.6. The molecule has 2 heterocycles. The van der Waals surface area contributed by atoms with Crippen LogP contribution in [0.25, 0.3) is 0 Å². The molecule has 0 radical (unpaired) electrons. The number of carbonyl (C=O) groups is 3. The van der Waals surface area contributed by atoms with Gasteiger partial charge in [-0.2, -0.15) is 0 Å². The number of anilines is 1. The fourth-order valence-electron chi connectivity index (χ4n) is 3.06. The second-order valence-electron chi connectivity index (χ2n) is 7.72. The standard InChI is InChI=1S/C22H22ClN7O7S2/c23-13-1-4-16(17(9-13)21(24)32)22(33)28-11-15-3-6-20(38-15)39(36,37)29-12-19(31)26-8-7-25-18-5-2-14(10-27-18)30(34)35/h1-6,9-10,29H,7-8,11-12H2,(H2,24,32)(H,25,27)(H,26,31)(H,28,33). The van der Waals surface area contributed by atoms with E-state index in [1.165, 1.54) is 42.5 Å². The van der Waals surface area contributed by atoms with Crippen LogP contribution in [0.4, 0.5) is 11.5 Å². The molecule has 17 heteroatoms. The quantitative estimate of drug-likeness (QED) is 0.109. The first-order valence-corrected chi connectivity index (χ1v) is 13.7. The molecule has 1 aromatic carbocycles. The van der Waals surface area contributed by atoms with E-state index in [1.54, 1.807) is 0 Å². The lowest BCUT2D eigenvalue weighted by atomic mass is 10.1. The smallest absolute Gasteiger partial charge is 0.287 e. The number of nitrogens with two attached hydrogens (primary N) is 1. The number of primary amides is 1. The number of amides is 3. The van der Waals surface area contributed by atoms with E-state index < -0.39 is 39.2 Å². The van der Waals surface area contributed by atoms with E-state index >= 15 is 0 Å². The Morgan fingerprint density at radius 2 is 1.82 bits per heavy atom. The zero-order valence-electron chi connectivity index (χ0n) is 20.0. The van der Waals surface area contributed by atoms with Gasteiger partial charge in [-0.15, -0.1) is 11.3 Å². The van der Waals surface area contributed by atoms with Crippen molar-refractivity contribution in [3.05, 3.63) is 79.8 Å². The molecule has 3 rings (SSSR count). The van der Waals surface area contributed by atoms with E-state index in [9.17, 15) is 32.9 Å². The van der Waals surface area contributed by atoms with Gasteiger partial charge in [0.15, 0.2) is 0 Å². The molecule has 14 nitrogen and oxygen atoms in total. The zero-order chi connectivity index (χ0) is 28.6. The summed E-state index contributed by atoms with van der Waals surface area (Å²) in [6.45, 7) is -0.126. The molecular weight excluding hydrogens is 574 g/mol. The molecule has 206 valence electrons. The van der Waals surface area contributed by atoms with Crippen molar-refractivity contribution in [1.82, 2.24) is 20.3 Å². The Balaban J connectivity index is 1.44. The number of halogens is 1. The molecule has 0 aliphatic heterocycles. The number of carbonyl (C=O) groups excluding carboxylic acids is 3. The van der Waals surface area contributed by atoms with E-state index in [0.29, 0.717) is 10.7 Å². The van der Waals surface area contributed by atoms with Gasteiger partial charge in [0.25, 0.3) is 21.6 Å². The maximum Gasteiger partial charge on any atom is 0.287 e. The minimum atomic E-state index is -3.99. The summed E-state index contributed by atoms with van der Waals surface area (Å²) in [5.41, 5.74) is 5.13. The van der Waals surface area contributed by atoms with Crippen molar-refractivity contribution in [1.29, 1.82) is 0 Å². The number of pyridine rings is 1. The van der Waals surface area contributed by atoms with Gasteiger partial charge in [-0.05, 0) is 36.4 Å². The number of hydrogen-bond acceptors (Lipinski definition) is 10. The first-order valence-electron chi connectivity index (χ1n) is 11.0. The van der Waals surface area contributed by atoms with Gasteiger partial charge < -0.3 is 21.7 Å². The molecule has 0 atom stereocenters. The third-order valence-corrected chi connectivity index (χ3v) is 8.16. The van der Waals surface area contributed by atoms with Gasteiger partial charge in [0.05, 0.1) is 29.1 Å². The lowest BCUT2D eigenvalue weighted by Crippen LogP contribution is -2.38. The van der Waals surface area contributed by atoms with Gasteiger partial charge in [-0.25, -0.2) is 18.1 Å². The molecule has 0 unspecified atom stereocenters. The minimum Gasteiger partial charge on any atom is -0.368 e. The highest BCUT2D eigenvalue weighted by Crippen LogP contribution is 2.22. The molecule has 3 amide bonds. The number of nitrogens with one attached hydrogen (secondary N) is 4. The van der Waals surface area contributed by atoms with Gasteiger partial charge in [0, 0.05) is 29.1 Å². The van der Waals surface area contributed by atoms with Crippen LogP contribution in [0.3, 0.4) is 0 Å². The van der Waals surface area contributed by atoms with Crippen molar-refractivity contribution in [2.24, 2.45) is 5.73 Å². The van der Waals surface area contributed by atoms with Gasteiger partial charge >= 0.3 is 0 Å². The van der Waals surface area contributed by atoms with Crippen molar-refractivity contribution in [2.75, 3.05) is 25.0 Å². The van der Waals surface area contributed by atoms with E-state index in [-0.39, 0.29) is 45.7 Å². The first kappa shape index (κ1) is 29.4. The second-order valence-corrected chi connectivity index (χ2v) is 11.3. The lowest BCUT2D eigenvalue weighted by molar-refractivity contribution is -0.385. The summed E-state index contributed by atoms with van der Waals surface area (Å²) in [6.07, 6.45) is 1.10. The molecular formula is C22H22ClN7O7S2. The molecule has 0 saturated heterocycles. The van der Waals surface area contributed by atoms with Crippen molar-refractivity contribution >= 4 is 62.2 Å². The summed E-state index contributed by atoms with van der Waals surface area (Å²) < 4.78 is 27.2. The van der Waals surface area contributed by atoms with Crippen LogP contribution in [0, 0.1) is 10.1 Å². The van der Waals surface area contributed by atoms with Gasteiger partial charge in [0.1, 0.15) is 16.2 Å². The Morgan fingerprint density at radius 3 is 2.49 bits per heavy atom. The highest BCUT2D eigenvalue weighted by molar-refractivity contribution is 7.91. The third kappa shape index (κ3) is 8.44. The van der Waals surface area contributed by atoms with Crippen LogP contribution in [0.15, 0.2) is 52.9 Å². The molecule has 0 saturated carbocycles. The fourth-order valence-corrected chi connectivity index (χ4v) is 5.56. The molecule has 0 aliphatic rings. The van der Waals surface area contributed by atoms with Gasteiger partial charge in [-0.3, -0.25) is 24.5 Å². The Kier molecular flexibility index (Phi) is 9.89. The van der Waals surface area contributed by atoms with E-state index in [2.05, 4.69) is 25.7 Å². The summed E-state index contributed by atoms with van der Waals surface area (Å²) >= 11 is 6.74. The van der Waals surface area contributed by atoms with Crippen LogP contribution in [0.2, 0.25) is 5.02 Å². The number of hydrogen-bond donors (Lipinski definition) is 5. The largest absolute Gasteiger partial charge is 0.368 e. The maximum atomic E-state index is 12.6. The second kappa shape index (κ2) is 13.1. The minimum absolute atomic E-state index is 0.0169. The van der Waals surface area contributed by atoms with Crippen molar-refractivity contribution < 1.29 is 27.7 Å². The predicted molar refractivity (Wildman–Crippen MR) is 143 cm³/mol. The van der Waals surface area contributed by atoms with Crippen LogP contribution in [-0.4, -0.2) is 55.7 Å². The number of benzene rings is 1. The predicted octanol–water partition coefficient (Wildman–Crippen LogP) is 1.24. The number of sulfonamides is 1. The normalized spacial score (nSPS) is 11.0. The van der Waals surface area contributed by atoms with Crippen LogP contribution in [0.1, 0.15) is 25.6 Å². The topological polar surface area (TPSA) is 216 Å². The zero-order valence-corrected chi connectivity index (χ0v) is 22.4. The SMILES string of the molecule is NC(=O)c1cc(Cl)ccc1C(=O)NCc1ccc(S(=O)(=O)NCC(=O)NCCNc2ccc([N+](=O)[O-])cn2)s1. The average molecular weight is 596 g/mol. The molecule has 2 aromatic heterocycles. The average Bonchev–Trinajstić information content (AvgIpc) is 3.39. The molecule has 0 spiro atoms. The monoisotopic (exact) mass is 595 g/mol. The molecule has 0 bridgehead atoms. The van der Waals surface area contributed by atoms with Crippen LogP contribution < -0.4 is 26.4 Å². The summed E-state index contributed by atoms with van der Waals surface area (Å²) in [7, 11) is -3.99.